The molecule has 1 aromatic carbocycles. The number of amides is 1. The van der Waals surface area contributed by atoms with Gasteiger partial charge in [0.1, 0.15) is 0 Å². The Hall–Kier alpha value is -1.32. The molecule has 1 saturated heterocycles. The fourth-order valence-corrected chi connectivity index (χ4v) is 3.85. The van der Waals surface area contributed by atoms with Crippen molar-refractivity contribution in [2.24, 2.45) is 5.92 Å². The molecule has 0 bridgehead atoms. The summed E-state index contributed by atoms with van der Waals surface area (Å²) < 4.78 is 0. The number of halogens is 1. The number of piperidine rings is 1. The molecule has 22 heavy (non-hydrogen) atoms. The third kappa shape index (κ3) is 3.21. The average Bonchev–Trinajstić information content (AvgIpc) is 2.53. The van der Waals surface area contributed by atoms with E-state index in [2.05, 4.69) is 0 Å². The van der Waals surface area contributed by atoms with Crippen molar-refractivity contribution in [1.29, 1.82) is 0 Å². The minimum absolute atomic E-state index is 0.00698. The number of hydrogen-bond donors (Lipinski definition) is 1. The first kappa shape index (κ1) is 15.6. The van der Waals surface area contributed by atoms with Crippen LogP contribution in [0, 0.1) is 5.92 Å². The van der Waals surface area contributed by atoms with E-state index >= 15 is 0 Å². The van der Waals surface area contributed by atoms with Gasteiger partial charge in [-0.25, -0.2) is 0 Å². The van der Waals surface area contributed by atoms with Gasteiger partial charge in [0.05, 0.1) is 5.60 Å². The van der Waals surface area contributed by atoms with Crippen LogP contribution in [0.5, 0.6) is 0 Å². The molecule has 1 heterocycles. The molecule has 4 heteroatoms. The number of rotatable bonds is 2. The maximum Gasteiger partial charge on any atom is 0.246 e. The van der Waals surface area contributed by atoms with Gasteiger partial charge in [-0.1, -0.05) is 42.6 Å². The van der Waals surface area contributed by atoms with Gasteiger partial charge in [-0.2, -0.15) is 0 Å². The van der Waals surface area contributed by atoms with Crippen molar-refractivity contribution in [1.82, 2.24) is 4.90 Å². The van der Waals surface area contributed by atoms with Crippen molar-refractivity contribution in [3.63, 3.8) is 0 Å². The second-order valence-electron chi connectivity index (χ2n) is 6.44. The zero-order valence-electron chi connectivity index (χ0n) is 12.7. The Morgan fingerprint density at radius 3 is 2.95 bits per heavy atom. The van der Waals surface area contributed by atoms with Crippen molar-refractivity contribution in [3.05, 3.63) is 40.9 Å². The third-order valence-electron chi connectivity index (χ3n) is 5.05. The van der Waals surface area contributed by atoms with E-state index in [-0.39, 0.29) is 11.8 Å². The summed E-state index contributed by atoms with van der Waals surface area (Å²) >= 11 is 6.09. The first-order chi connectivity index (χ1) is 10.6. The standard InChI is InChI=1S/C18H22ClNO2/c19-16-7-2-1-5-14(16)8-9-17(21)20-12-11-18(22)10-4-3-6-15(18)13-20/h1-2,5,7-9,15,22H,3-4,6,10-13H2/b9-8+/t15-,18+/m1/s1. The van der Waals surface area contributed by atoms with Crippen LogP contribution in [0.4, 0.5) is 0 Å². The van der Waals surface area contributed by atoms with E-state index in [0.29, 0.717) is 24.5 Å². The van der Waals surface area contributed by atoms with Gasteiger partial charge in [0.15, 0.2) is 0 Å². The fourth-order valence-electron chi connectivity index (χ4n) is 3.65. The van der Waals surface area contributed by atoms with Crippen molar-refractivity contribution >= 4 is 23.6 Å². The molecule has 118 valence electrons. The topological polar surface area (TPSA) is 40.5 Å². The minimum Gasteiger partial charge on any atom is -0.389 e. The molecule has 0 aromatic heterocycles. The van der Waals surface area contributed by atoms with Crippen LogP contribution >= 0.6 is 11.6 Å². The molecule has 2 atom stereocenters. The van der Waals surface area contributed by atoms with Crippen molar-refractivity contribution in [3.8, 4) is 0 Å². The van der Waals surface area contributed by atoms with Crippen molar-refractivity contribution in [2.75, 3.05) is 13.1 Å². The van der Waals surface area contributed by atoms with Gasteiger partial charge in [0, 0.05) is 30.1 Å². The van der Waals surface area contributed by atoms with E-state index < -0.39 is 5.60 Å². The van der Waals surface area contributed by atoms with Crippen LogP contribution in [0.1, 0.15) is 37.7 Å². The van der Waals surface area contributed by atoms with Crippen LogP contribution in [-0.2, 0) is 4.79 Å². The van der Waals surface area contributed by atoms with Gasteiger partial charge in [-0.05, 0) is 37.0 Å². The summed E-state index contributed by atoms with van der Waals surface area (Å²) in [6.07, 6.45) is 8.23. The summed E-state index contributed by atoms with van der Waals surface area (Å²) in [5.41, 5.74) is 0.310. The maximum absolute atomic E-state index is 12.4. The van der Waals surface area contributed by atoms with Gasteiger partial charge < -0.3 is 10.0 Å². The number of likely N-dealkylation sites (tertiary alicyclic amines) is 1. The van der Waals surface area contributed by atoms with Crippen LogP contribution in [0.25, 0.3) is 6.08 Å². The van der Waals surface area contributed by atoms with Crippen LogP contribution < -0.4 is 0 Å². The number of benzene rings is 1. The number of carbonyl (C=O) groups excluding carboxylic acids is 1. The molecular formula is C18H22ClNO2. The molecular weight excluding hydrogens is 298 g/mol. The lowest BCUT2D eigenvalue weighted by Gasteiger charge is -2.47. The quantitative estimate of drug-likeness (QED) is 0.847. The summed E-state index contributed by atoms with van der Waals surface area (Å²) in [4.78, 5) is 14.2. The summed E-state index contributed by atoms with van der Waals surface area (Å²) in [5.74, 6) is 0.236. The summed E-state index contributed by atoms with van der Waals surface area (Å²) in [6.45, 7) is 1.31. The summed E-state index contributed by atoms with van der Waals surface area (Å²) in [7, 11) is 0. The zero-order valence-corrected chi connectivity index (χ0v) is 13.4. The van der Waals surface area contributed by atoms with Crippen LogP contribution in [-0.4, -0.2) is 34.6 Å². The Morgan fingerprint density at radius 2 is 2.14 bits per heavy atom. The number of nitrogens with zero attached hydrogens (tertiary/aromatic N) is 1. The summed E-state index contributed by atoms with van der Waals surface area (Å²) in [5, 5.41) is 11.3. The van der Waals surface area contributed by atoms with Crippen molar-refractivity contribution in [2.45, 2.75) is 37.7 Å². The Labute approximate surface area is 136 Å². The number of aliphatic hydroxyl groups is 1. The van der Waals surface area contributed by atoms with Gasteiger partial charge in [0.25, 0.3) is 0 Å². The SMILES string of the molecule is O=C(/C=C/c1ccccc1Cl)N1CC[C@@]2(O)CCCC[C@@H]2C1. The lowest BCUT2D eigenvalue weighted by atomic mass is 9.71. The van der Waals surface area contributed by atoms with Gasteiger partial charge >= 0.3 is 0 Å². The number of hydrogen-bond acceptors (Lipinski definition) is 2. The molecule has 0 spiro atoms. The molecule has 1 aromatic rings. The highest BCUT2D eigenvalue weighted by molar-refractivity contribution is 6.32. The van der Waals surface area contributed by atoms with Crippen LogP contribution in [0.2, 0.25) is 5.02 Å². The zero-order chi connectivity index (χ0) is 15.6. The molecule has 0 radical (unpaired) electrons. The smallest absolute Gasteiger partial charge is 0.246 e. The van der Waals surface area contributed by atoms with E-state index in [1.807, 2.05) is 29.2 Å². The molecule has 1 amide bonds. The van der Waals surface area contributed by atoms with Gasteiger partial charge in [-0.15, -0.1) is 0 Å². The molecule has 0 unspecified atom stereocenters. The Kier molecular flexibility index (Phi) is 4.55. The average molecular weight is 320 g/mol. The monoisotopic (exact) mass is 319 g/mol. The lowest BCUT2D eigenvalue weighted by molar-refractivity contribution is -0.138. The van der Waals surface area contributed by atoms with E-state index in [0.717, 1.165) is 31.2 Å². The van der Waals surface area contributed by atoms with E-state index in [1.54, 1.807) is 12.2 Å². The fraction of sp³-hybridized carbons (Fsp3) is 0.500. The van der Waals surface area contributed by atoms with Crippen LogP contribution in [0.15, 0.2) is 30.3 Å². The molecule has 2 aliphatic rings. The number of fused-ring (bicyclic) bond motifs is 1. The Bertz CT molecular complexity index is 586. The molecule has 2 fully saturated rings. The number of carbonyl (C=O) groups is 1. The van der Waals surface area contributed by atoms with E-state index in [9.17, 15) is 9.90 Å². The highest BCUT2D eigenvalue weighted by Gasteiger charge is 2.43. The molecule has 3 nitrogen and oxygen atoms in total. The Morgan fingerprint density at radius 1 is 1.32 bits per heavy atom. The maximum atomic E-state index is 12.4. The molecule has 1 aliphatic carbocycles. The summed E-state index contributed by atoms with van der Waals surface area (Å²) in [6, 6.07) is 7.48. The third-order valence-corrected chi connectivity index (χ3v) is 5.39. The molecule has 3 rings (SSSR count). The highest BCUT2D eigenvalue weighted by atomic mass is 35.5. The highest BCUT2D eigenvalue weighted by Crippen LogP contribution is 2.39. The second-order valence-corrected chi connectivity index (χ2v) is 6.84. The predicted octanol–water partition coefficient (Wildman–Crippen LogP) is 3.51. The van der Waals surface area contributed by atoms with Crippen LogP contribution in [0.3, 0.4) is 0 Å². The lowest BCUT2D eigenvalue weighted by Crippen LogP contribution is -2.54. The largest absolute Gasteiger partial charge is 0.389 e. The first-order valence-corrected chi connectivity index (χ1v) is 8.40. The first-order valence-electron chi connectivity index (χ1n) is 8.02. The normalized spacial score (nSPS) is 28.6. The van der Waals surface area contributed by atoms with E-state index in [1.165, 1.54) is 0 Å². The predicted molar refractivity (Wildman–Crippen MR) is 88.6 cm³/mol. The molecule has 1 N–H and O–H groups in total. The minimum atomic E-state index is -0.540. The second kappa shape index (κ2) is 6.43. The van der Waals surface area contributed by atoms with Crippen molar-refractivity contribution < 1.29 is 9.90 Å². The Balaban J connectivity index is 1.65. The molecule has 1 saturated carbocycles. The van der Waals surface area contributed by atoms with E-state index in [4.69, 9.17) is 11.6 Å². The molecule has 1 aliphatic heterocycles. The van der Waals surface area contributed by atoms with Gasteiger partial charge in [0.2, 0.25) is 5.91 Å². The van der Waals surface area contributed by atoms with Gasteiger partial charge in [-0.3, -0.25) is 4.79 Å².